The van der Waals surface area contributed by atoms with Crippen LogP contribution in [-0.4, -0.2) is 33.1 Å². The van der Waals surface area contributed by atoms with Crippen LogP contribution in [0, 0.1) is 0 Å². The Morgan fingerprint density at radius 3 is 2.35 bits per heavy atom. The molecule has 0 aromatic heterocycles. The summed E-state index contributed by atoms with van der Waals surface area (Å²) in [5.41, 5.74) is 0.851. The summed E-state index contributed by atoms with van der Waals surface area (Å²) in [6.45, 7) is 0.248. The number of hydrogen-bond donors (Lipinski definition) is 4. The van der Waals surface area contributed by atoms with Crippen molar-refractivity contribution >= 4 is 13.6 Å². The van der Waals surface area contributed by atoms with Gasteiger partial charge >= 0.3 is 13.6 Å². The van der Waals surface area contributed by atoms with Crippen LogP contribution in [-0.2, 0) is 15.9 Å². The monoisotopic (exact) mass is 259 g/mol. The standard InChI is InChI=1S/C10H14NO5P/c12-10(13)9(7-17(14,15)16)11-6-8-4-2-1-3-5-8/h1-5,9,11H,6-7H2,(H,12,13)(H2,14,15,16)/t9-/m0/s1. The van der Waals surface area contributed by atoms with E-state index >= 15 is 0 Å². The van der Waals surface area contributed by atoms with Crippen molar-refractivity contribution in [1.82, 2.24) is 5.32 Å². The smallest absolute Gasteiger partial charge is 0.327 e. The lowest BCUT2D eigenvalue weighted by Gasteiger charge is -2.15. The van der Waals surface area contributed by atoms with Gasteiger partial charge in [-0.1, -0.05) is 30.3 Å². The summed E-state index contributed by atoms with van der Waals surface area (Å²) in [6.07, 6.45) is -0.713. The first-order valence-corrected chi connectivity index (χ1v) is 6.73. The second-order valence-electron chi connectivity index (χ2n) is 3.60. The first-order chi connectivity index (χ1) is 7.88. The first kappa shape index (κ1) is 13.9. The van der Waals surface area contributed by atoms with Crippen LogP contribution in [0.3, 0.4) is 0 Å². The second kappa shape index (κ2) is 5.93. The van der Waals surface area contributed by atoms with Crippen molar-refractivity contribution in [1.29, 1.82) is 0 Å². The largest absolute Gasteiger partial charge is 0.480 e. The van der Waals surface area contributed by atoms with E-state index < -0.39 is 25.8 Å². The fourth-order valence-electron chi connectivity index (χ4n) is 1.30. The van der Waals surface area contributed by atoms with Crippen molar-refractivity contribution in [2.45, 2.75) is 12.6 Å². The van der Waals surface area contributed by atoms with Gasteiger partial charge in [-0.2, -0.15) is 0 Å². The minimum atomic E-state index is -4.34. The van der Waals surface area contributed by atoms with Crippen molar-refractivity contribution in [2.24, 2.45) is 0 Å². The molecule has 0 unspecified atom stereocenters. The molecule has 0 fully saturated rings. The number of benzene rings is 1. The highest BCUT2D eigenvalue weighted by atomic mass is 31.2. The summed E-state index contributed by atoms with van der Waals surface area (Å²) < 4.78 is 10.7. The van der Waals surface area contributed by atoms with Crippen molar-refractivity contribution in [3.05, 3.63) is 35.9 Å². The molecule has 1 rings (SSSR count). The van der Waals surface area contributed by atoms with Gasteiger partial charge in [-0.15, -0.1) is 0 Å². The summed E-state index contributed by atoms with van der Waals surface area (Å²) in [4.78, 5) is 28.3. The molecule has 94 valence electrons. The van der Waals surface area contributed by atoms with E-state index in [1.54, 1.807) is 24.3 Å². The molecule has 0 amide bonds. The van der Waals surface area contributed by atoms with Gasteiger partial charge in [0.2, 0.25) is 0 Å². The lowest BCUT2D eigenvalue weighted by atomic mass is 10.2. The highest BCUT2D eigenvalue weighted by Gasteiger charge is 2.26. The molecular formula is C10H14NO5P. The van der Waals surface area contributed by atoms with Crippen LogP contribution in [0.2, 0.25) is 0 Å². The third-order valence-electron chi connectivity index (χ3n) is 2.11. The van der Waals surface area contributed by atoms with Gasteiger partial charge in [0.05, 0.1) is 6.16 Å². The zero-order chi connectivity index (χ0) is 12.9. The first-order valence-electron chi connectivity index (χ1n) is 4.93. The molecule has 1 atom stereocenters. The number of nitrogens with one attached hydrogen (secondary N) is 1. The van der Waals surface area contributed by atoms with Gasteiger partial charge in [-0.3, -0.25) is 14.7 Å². The van der Waals surface area contributed by atoms with Gasteiger partial charge in [0, 0.05) is 6.54 Å². The Balaban J connectivity index is 2.57. The lowest BCUT2D eigenvalue weighted by Crippen LogP contribution is -2.39. The van der Waals surface area contributed by atoms with Gasteiger partial charge in [-0.25, -0.2) is 0 Å². The molecule has 0 radical (unpaired) electrons. The summed E-state index contributed by atoms with van der Waals surface area (Å²) in [6, 6.07) is 7.77. The Morgan fingerprint density at radius 1 is 1.29 bits per heavy atom. The van der Waals surface area contributed by atoms with Crippen LogP contribution < -0.4 is 5.32 Å². The molecule has 0 saturated carbocycles. The maximum Gasteiger partial charge on any atom is 0.327 e. The number of aliphatic carboxylic acids is 1. The molecule has 17 heavy (non-hydrogen) atoms. The van der Waals surface area contributed by atoms with Gasteiger partial charge in [0.25, 0.3) is 0 Å². The minimum Gasteiger partial charge on any atom is -0.480 e. The van der Waals surface area contributed by atoms with Crippen LogP contribution in [0.1, 0.15) is 5.56 Å². The lowest BCUT2D eigenvalue weighted by molar-refractivity contribution is -0.139. The van der Waals surface area contributed by atoms with E-state index in [0.717, 1.165) is 5.56 Å². The van der Waals surface area contributed by atoms with E-state index in [-0.39, 0.29) is 6.54 Å². The van der Waals surface area contributed by atoms with E-state index in [4.69, 9.17) is 14.9 Å². The number of carbonyl (C=O) groups is 1. The SMILES string of the molecule is O=C(O)[C@H](CP(=O)(O)O)NCc1ccccc1. The van der Waals surface area contributed by atoms with Crippen LogP contribution in [0.4, 0.5) is 0 Å². The molecule has 4 N–H and O–H groups in total. The topological polar surface area (TPSA) is 107 Å². The molecule has 0 spiro atoms. The van der Waals surface area contributed by atoms with Crippen molar-refractivity contribution < 1.29 is 24.3 Å². The average Bonchev–Trinajstić information content (AvgIpc) is 2.24. The Kier molecular flexibility index (Phi) is 4.84. The van der Waals surface area contributed by atoms with Gasteiger partial charge < -0.3 is 14.9 Å². The summed E-state index contributed by atoms with van der Waals surface area (Å²) in [7, 11) is -4.34. The van der Waals surface area contributed by atoms with E-state index in [2.05, 4.69) is 5.32 Å². The van der Waals surface area contributed by atoms with E-state index in [1.807, 2.05) is 6.07 Å². The normalized spacial score (nSPS) is 13.3. The van der Waals surface area contributed by atoms with E-state index in [9.17, 15) is 9.36 Å². The molecule has 0 saturated heterocycles. The number of rotatable bonds is 6. The molecule has 0 aliphatic carbocycles. The Labute approximate surface area is 98.4 Å². The van der Waals surface area contributed by atoms with Crippen LogP contribution in [0.5, 0.6) is 0 Å². The highest BCUT2D eigenvalue weighted by Crippen LogP contribution is 2.34. The molecule has 7 heteroatoms. The molecular weight excluding hydrogens is 245 g/mol. The predicted molar refractivity (Wildman–Crippen MR) is 61.6 cm³/mol. The molecule has 0 aliphatic heterocycles. The van der Waals surface area contributed by atoms with Crippen LogP contribution in [0.15, 0.2) is 30.3 Å². The summed E-state index contributed by atoms with van der Waals surface area (Å²) in [5, 5.41) is 11.4. The predicted octanol–water partition coefficient (Wildman–Crippen LogP) is 0.407. The highest BCUT2D eigenvalue weighted by molar-refractivity contribution is 7.51. The number of hydrogen-bond acceptors (Lipinski definition) is 3. The van der Waals surface area contributed by atoms with Gasteiger partial charge in [0.15, 0.2) is 0 Å². The van der Waals surface area contributed by atoms with Crippen molar-refractivity contribution in [3.8, 4) is 0 Å². The zero-order valence-corrected chi connectivity index (χ0v) is 9.88. The molecule has 0 bridgehead atoms. The minimum absolute atomic E-state index is 0.248. The van der Waals surface area contributed by atoms with E-state index in [1.165, 1.54) is 0 Å². The third kappa shape index (κ3) is 5.60. The van der Waals surface area contributed by atoms with Gasteiger partial charge in [0.1, 0.15) is 6.04 Å². The Hall–Kier alpha value is -1.20. The Bertz CT molecular complexity index is 416. The zero-order valence-electron chi connectivity index (χ0n) is 8.98. The fraction of sp³-hybridized carbons (Fsp3) is 0.300. The number of carboxylic acids is 1. The van der Waals surface area contributed by atoms with Crippen LogP contribution in [0.25, 0.3) is 0 Å². The molecule has 0 aliphatic rings. The summed E-state index contributed by atoms with van der Waals surface area (Å²) >= 11 is 0. The van der Waals surface area contributed by atoms with E-state index in [0.29, 0.717) is 0 Å². The average molecular weight is 259 g/mol. The maximum absolute atomic E-state index is 10.8. The van der Waals surface area contributed by atoms with Crippen molar-refractivity contribution in [3.63, 3.8) is 0 Å². The second-order valence-corrected chi connectivity index (χ2v) is 5.30. The quantitative estimate of drug-likeness (QED) is 0.551. The molecule has 1 aromatic carbocycles. The summed E-state index contributed by atoms with van der Waals surface area (Å²) in [5.74, 6) is -1.27. The molecule has 1 aromatic rings. The fourth-order valence-corrected chi connectivity index (χ4v) is 2.07. The van der Waals surface area contributed by atoms with Crippen molar-refractivity contribution in [2.75, 3.05) is 6.16 Å². The molecule has 6 nitrogen and oxygen atoms in total. The Morgan fingerprint density at radius 2 is 1.88 bits per heavy atom. The van der Waals surface area contributed by atoms with Gasteiger partial charge in [-0.05, 0) is 5.56 Å². The number of carboxylic acid groups (broad SMARTS) is 1. The molecule has 0 heterocycles. The third-order valence-corrected chi connectivity index (χ3v) is 2.95. The maximum atomic E-state index is 10.8. The van der Waals surface area contributed by atoms with Crippen LogP contribution >= 0.6 is 7.60 Å².